The SMILES string of the molecule is CC(C)[C@@H](Sc1nnnn1C[C@H]1CCCO1)C(=O)Nc1ccc(F)cc1. The van der Waals surface area contributed by atoms with Gasteiger partial charge in [0.25, 0.3) is 0 Å². The van der Waals surface area contributed by atoms with E-state index in [9.17, 15) is 9.18 Å². The van der Waals surface area contributed by atoms with E-state index in [0.717, 1.165) is 19.4 Å². The summed E-state index contributed by atoms with van der Waals surface area (Å²) in [4.78, 5) is 12.7. The van der Waals surface area contributed by atoms with Crippen molar-refractivity contribution in [2.45, 2.75) is 49.7 Å². The molecule has 2 atom stereocenters. The first-order valence-electron chi connectivity index (χ1n) is 8.64. The van der Waals surface area contributed by atoms with Crippen LogP contribution in [0.2, 0.25) is 0 Å². The Bertz CT molecular complexity index is 731. The van der Waals surface area contributed by atoms with Gasteiger partial charge in [-0.05, 0) is 53.5 Å². The van der Waals surface area contributed by atoms with E-state index in [-0.39, 0.29) is 29.0 Å². The number of rotatable bonds is 7. The van der Waals surface area contributed by atoms with Crippen LogP contribution in [-0.2, 0) is 16.1 Å². The van der Waals surface area contributed by atoms with Crippen LogP contribution in [0.1, 0.15) is 26.7 Å². The lowest BCUT2D eigenvalue weighted by atomic mass is 10.1. The van der Waals surface area contributed by atoms with Gasteiger partial charge in [-0.1, -0.05) is 25.6 Å². The van der Waals surface area contributed by atoms with Crippen molar-refractivity contribution in [1.82, 2.24) is 20.2 Å². The molecule has 0 radical (unpaired) electrons. The van der Waals surface area contributed by atoms with Crippen molar-refractivity contribution in [2.75, 3.05) is 11.9 Å². The Morgan fingerprint density at radius 1 is 1.42 bits per heavy atom. The number of thioether (sulfide) groups is 1. The zero-order chi connectivity index (χ0) is 18.5. The highest BCUT2D eigenvalue weighted by atomic mass is 32.2. The molecule has 7 nitrogen and oxygen atoms in total. The van der Waals surface area contributed by atoms with E-state index < -0.39 is 0 Å². The molecule has 1 fully saturated rings. The fourth-order valence-electron chi connectivity index (χ4n) is 2.73. The Labute approximate surface area is 155 Å². The molecular weight excluding hydrogens is 357 g/mol. The summed E-state index contributed by atoms with van der Waals surface area (Å²) in [6, 6.07) is 5.71. The second-order valence-electron chi connectivity index (χ2n) is 6.56. The minimum atomic E-state index is -0.380. The topological polar surface area (TPSA) is 81.9 Å². The standard InChI is InChI=1S/C17H22FN5O2S/c1-11(2)15(16(24)19-13-7-5-12(18)6-8-13)26-17-20-21-22-23(17)10-14-4-3-9-25-14/h5-8,11,14-15H,3-4,9-10H2,1-2H3,(H,19,24)/t14-,15-/m1/s1. The highest BCUT2D eigenvalue weighted by Crippen LogP contribution is 2.28. The summed E-state index contributed by atoms with van der Waals surface area (Å²) >= 11 is 1.33. The maximum absolute atomic E-state index is 13.0. The number of carbonyl (C=O) groups excluding carboxylic acids is 1. The molecule has 9 heteroatoms. The molecule has 1 N–H and O–H groups in total. The van der Waals surface area contributed by atoms with Crippen molar-refractivity contribution in [3.8, 4) is 0 Å². The number of amides is 1. The molecule has 1 aliphatic heterocycles. The molecule has 1 aromatic heterocycles. The van der Waals surface area contributed by atoms with E-state index in [1.165, 1.54) is 36.0 Å². The Kier molecular flexibility index (Phi) is 6.20. The first-order chi connectivity index (χ1) is 12.5. The number of hydrogen-bond donors (Lipinski definition) is 1. The number of anilines is 1. The van der Waals surface area contributed by atoms with E-state index in [0.29, 0.717) is 17.4 Å². The number of carbonyl (C=O) groups is 1. The minimum Gasteiger partial charge on any atom is -0.376 e. The van der Waals surface area contributed by atoms with E-state index in [4.69, 9.17) is 4.74 Å². The molecule has 140 valence electrons. The average Bonchev–Trinajstić information content (AvgIpc) is 3.27. The number of tetrazole rings is 1. The summed E-state index contributed by atoms with van der Waals surface area (Å²) in [5.74, 6) is -0.442. The summed E-state index contributed by atoms with van der Waals surface area (Å²) < 4.78 is 20.4. The smallest absolute Gasteiger partial charge is 0.238 e. The lowest BCUT2D eigenvalue weighted by Gasteiger charge is -2.19. The number of nitrogens with zero attached hydrogens (tertiary/aromatic N) is 4. The van der Waals surface area contributed by atoms with Crippen LogP contribution < -0.4 is 5.32 Å². The summed E-state index contributed by atoms with van der Waals surface area (Å²) in [6.07, 6.45) is 2.15. The minimum absolute atomic E-state index is 0.0633. The largest absolute Gasteiger partial charge is 0.376 e. The second kappa shape index (κ2) is 8.59. The van der Waals surface area contributed by atoms with Gasteiger partial charge < -0.3 is 10.1 Å². The van der Waals surface area contributed by atoms with Gasteiger partial charge in [0, 0.05) is 12.3 Å². The number of aromatic nitrogens is 4. The number of ether oxygens (including phenoxy) is 1. The Morgan fingerprint density at radius 2 is 2.19 bits per heavy atom. The summed E-state index contributed by atoms with van der Waals surface area (Å²) in [7, 11) is 0. The van der Waals surface area contributed by atoms with Crippen LogP contribution in [0.3, 0.4) is 0 Å². The highest BCUT2D eigenvalue weighted by Gasteiger charge is 2.27. The van der Waals surface area contributed by atoms with E-state index in [2.05, 4.69) is 20.8 Å². The number of hydrogen-bond acceptors (Lipinski definition) is 6. The lowest BCUT2D eigenvalue weighted by molar-refractivity contribution is -0.116. The van der Waals surface area contributed by atoms with Crippen LogP contribution in [0, 0.1) is 11.7 Å². The molecule has 1 amide bonds. The van der Waals surface area contributed by atoms with Gasteiger partial charge in [-0.15, -0.1) is 5.10 Å². The maximum atomic E-state index is 13.0. The van der Waals surface area contributed by atoms with Crippen molar-refractivity contribution >= 4 is 23.4 Å². The van der Waals surface area contributed by atoms with Gasteiger partial charge in [-0.3, -0.25) is 4.79 Å². The first-order valence-corrected chi connectivity index (χ1v) is 9.51. The zero-order valence-corrected chi connectivity index (χ0v) is 15.6. The third-order valence-corrected chi connectivity index (χ3v) is 5.62. The number of halogens is 1. The fourth-order valence-corrected chi connectivity index (χ4v) is 3.71. The van der Waals surface area contributed by atoms with Crippen LogP contribution in [0.15, 0.2) is 29.4 Å². The lowest BCUT2D eigenvalue weighted by Crippen LogP contribution is -2.30. The van der Waals surface area contributed by atoms with E-state index >= 15 is 0 Å². The molecule has 2 heterocycles. The van der Waals surface area contributed by atoms with Crippen molar-refractivity contribution < 1.29 is 13.9 Å². The summed E-state index contributed by atoms with van der Waals surface area (Å²) in [5, 5.41) is 14.9. The molecule has 1 aliphatic rings. The predicted octanol–water partition coefficient (Wildman–Crippen LogP) is 2.75. The van der Waals surface area contributed by atoms with E-state index in [1.807, 2.05) is 13.8 Å². The second-order valence-corrected chi connectivity index (χ2v) is 7.67. The van der Waals surface area contributed by atoms with Gasteiger partial charge >= 0.3 is 0 Å². The van der Waals surface area contributed by atoms with Crippen molar-refractivity contribution in [3.05, 3.63) is 30.1 Å². The summed E-state index contributed by atoms with van der Waals surface area (Å²) in [5.41, 5.74) is 0.557. The molecule has 3 rings (SSSR count). The molecule has 2 aromatic rings. The van der Waals surface area contributed by atoms with Crippen molar-refractivity contribution in [1.29, 1.82) is 0 Å². The van der Waals surface area contributed by atoms with Crippen LogP contribution in [0.25, 0.3) is 0 Å². The Hall–Kier alpha value is -2.00. The average molecular weight is 379 g/mol. The van der Waals surface area contributed by atoms with Gasteiger partial charge in [0.1, 0.15) is 5.82 Å². The van der Waals surface area contributed by atoms with Crippen LogP contribution in [-0.4, -0.2) is 44.1 Å². The quantitative estimate of drug-likeness (QED) is 0.745. The molecule has 1 aromatic carbocycles. The third kappa shape index (κ3) is 4.79. The predicted molar refractivity (Wildman–Crippen MR) is 96.3 cm³/mol. The normalized spacial score (nSPS) is 18.2. The van der Waals surface area contributed by atoms with Crippen molar-refractivity contribution in [3.63, 3.8) is 0 Å². The van der Waals surface area contributed by atoms with Crippen molar-refractivity contribution in [2.24, 2.45) is 5.92 Å². The molecule has 0 unspecified atom stereocenters. The molecule has 0 spiro atoms. The monoisotopic (exact) mass is 379 g/mol. The van der Waals surface area contributed by atoms with Gasteiger partial charge in [0.05, 0.1) is 17.9 Å². The van der Waals surface area contributed by atoms with Crippen LogP contribution >= 0.6 is 11.8 Å². The highest BCUT2D eigenvalue weighted by molar-refractivity contribution is 8.00. The van der Waals surface area contributed by atoms with Gasteiger partial charge in [-0.2, -0.15) is 0 Å². The summed E-state index contributed by atoms with van der Waals surface area (Å²) in [6.45, 7) is 5.29. The molecule has 26 heavy (non-hydrogen) atoms. The molecule has 0 saturated carbocycles. The number of nitrogens with one attached hydrogen (secondary N) is 1. The molecular formula is C17H22FN5O2S. The van der Waals surface area contributed by atoms with Crippen LogP contribution in [0.4, 0.5) is 10.1 Å². The molecule has 1 saturated heterocycles. The maximum Gasteiger partial charge on any atom is 0.238 e. The van der Waals surface area contributed by atoms with E-state index in [1.54, 1.807) is 4.68 Å². The van der Waals surface area contributed by atoms with Crippen LogP contribution in [0.5, 0.6) is 0 Å². The third-order valence-electron chi connectivity index (χ3n) is 4.11. The zero-order valence-electron chi connectivity index (χ0n) is 14.8. The van der Waals surface area contributed by atoms with Gasteiger partial charge in [0.2, 0.25) is 11.1 Å². The van der Waals surface area contributed by atoms with Gasteiger partial charge in [-0.25, -0.2) is 9.07 Å². The molecule has 0 aliphatic carbocycles. The Balaban J connectivity index is 1.67. The fraction of sp³-hybridized carbons (Fsp3) is 0.529. The Morgan fingerprint density at radius 3 is 2.85 bits per heavy atom. The van der Waals surface area contributed by atoms with Gasteiger partial charge in [0.15, 0.2) is 0 Å². The number of benzene rings is 1. The first kappa shape index (κ1) is 18.8. The molecule has 0 bridgehead atoms.